The highest BCUT2D eigenvalue weighted by Gasteiger charge is 2.39. The van der Waals surface area contributed by atoms with Crippen molar-refractivity contribution < 1.29 is 23.0 Å². The van der Waals surface area contributed by atoms with Crippen LogP contribution in [0.2, 0.25) is 5.02 Å². The van der Waals surface area contributed by atoms with Gasteiger partial charge in [-0.05, 0) is 42.8 Å². The lowest BCUT2D eigenvalue weighted by atomic mass is 9.83. The van der Waals surface area contributed by atoms with Crippen LogP contribution in [0.1, 0.15) is 34.5 Å². The van der Waals surface area contributed by atoms with Crippen molar-refractivity contribution in [1.29, 1.82) is 0 Å². The second kappa shape index (κ2) is 9.68. The fourth-order valence-electron chi connectivity index (χ4n) is 4.80. The SMILES string of the molecule is COc1nc2ccc(C(O)(c3ccc(C(F)(F)F)nc3)c3cncn3C)cc2c(Cl)c1C1=CCN(C)CC1. The predicted octanol–water partition coefficient (Wildman–Crippen LogP) is 5.05. The number of aryl methyl sites for hydroxylation is 1. The Hall–Kier alpha value is -3.47. The van der Waals surface area contributed by atoms with Crippen molar-refractivity contribution in [1.82, 2.24) is 24.4 Å². The zero-order valence-corrected chi connectivity index (χ0v) is 21.7. The van der Waals surface area contributed by atoms with Gasteiger partial charge in [-0.25, -0.2) is 9.97 Å². The van der Waals surface area contributed by atoms with E-state index in [1.807, 2.05) is 7.05 Å². The minimum atomic E-state index is -4.61. The lowest BCUT2D eigenvalue weighted by Gasteiger charge is -2.30. The van der Waals surface area contributed by atoms with Gasteiger partial charge < -0.3 is 19.3 Å². The van der Waals surface area contributed by atoms with Crippen molar-refractivity contribution in [2.24, 2.45) is 7.05 Å². The van der Waals surface area contributed by atoms with Crippen molar-refractivity contribution in [3.8, 4) is 5.88 Å². The molecule has 1 unspecified atom stereocenters. The number of imidazole rings is 1. The molecule has 0 amide bonds. The van der Waals surface area contributed by atoms with Crippen LogP contribution < -0.4 is 4.74 Å². The molecule has 0 saturated carbocycles. The number of aromatic nitrogens is 4. The number of alkyl halides is 3. The standard InChI is InChI=1S/C27H25ClF3N5O2/c1-35-10-8-16(9-11-35)23-24(28)19-12-17(4-6-20(19)34-25(23)38-3)26(37,22-14-32-15-36(22)2)18-5-7-21(33-13-18)27(29,30)31/h4-8,12-15,37H,9-11H2,1-3H3. The van der Waals surface area contributed by atoms with Gasteiger partial charge in [-0.3, -0.25) is 4.98 Å². The van der Waals surface area contributed by atoms with E-state index in [1.165, 1.54) is 25.7 Å². The van der Waals surface area contributed by atoms with Gasteiger partial charge in [-0.15, -0.1) is 0 Å². The first kappa shape index (κ1) is 26.1. The molecular formula is C27H25ClF3N5O2. The van der Waals surface area contributed by atoms with Crippen LogP contribution >= 0.6 is 11.6 Å². The highest BCUT2D eigenvalue weighted by Crippen LogP contribution is 2.43. The summed E-state index contributed by atoms with van der Waals surface area (Å²) in [4.78, 5) is 14.5. The minimum absolute atomic E-state index is 0.143. The van der Waals surface area contributed by atoms with Gasteiger partial charge in [0.2, 0.25) is 5.88 Å². The van der Waals surface area contributed by atoms with Gasteiger partial charge in [0, 0.05) is 37.3 Å². The van der Waals surface area contributed by atoms with Gasteiger partial charge in [0.15, 0.2) is 5.60 Å². The van der Waals surface area contributed by atoms with E-state index in [0.717, 1.165) is 37.3 Å². The summed E-state index contributed by atoms with van der Waals surface area (Å²) in [7, 11) is 5.26. The average Bonchev–Trinajstić information content (AvgIpc) is 3.34. The summed E-state index contributed by atoms with van der Waals surface area (Å²) in [6.45, 7) is 1.61. The Balaban J connectivity index is 1.72. The molecule has 0 fully saturated rings. The van der Waals surface area contributed by atoms with E-state index >= 15 is 0 Å². The fraction of sp³-hybridized carbons (Fsp3) is 0.296. The highest BCUT2D eigenvalue weighted by molar-refractivity contribution is 6.37. The van der Waals surface area contributed by atoms with E-state index < -0.39 is 17.5 Å². The third kappa shape index (κ3) is 4.42. The monoisotopic (exact) mass is 543 g/mol. The maximum Gasteiger partial charge on any atom is 0.433 e. The van der Waals surface area contributed by atoms with E-state index in [9.17, 15) is 18.3 Å². The largest absolute Gasteiger partial charge is 0.481 e. The second-order valence-corrected chi connectivity index (χ2v) is 9.69. The van der Waals surface area contributed by atoms with Gasteiger partial charge >= 0.3 is 6.18 Å². The number of aliphatic hydroxyl groups is 1. The predicted molar refractivity (Wildman–Crippen MR) is 138 cm³/mol. The normalized spacial score (nSPS) is 16.4. The zero-order valence-electron chi connectivity index (χ0n) is 20.9. The molecule has 0 spiro atoms. The number of halogens is 4. The van der Waals surface area contributed by atoms with Crippen LogP contribution in [0.15, 0.2) is 55.1 Å². The molecule has 198 valence electrons. The van der Waals surface area contributed by atoms with Crippen molar-refractivity contribution >= 4 is 28.1 Å². The molecule has 0 aliphatic carbocycles. The summed E-state index contributed by atoms with van der Waals surface area (Å²) in [5.74, 6) is 0.403. The molecule has 5 rings (SSSR count). The third-order valence-electron chi connectivity index (χ3n) is 6.89. The molecule has 38 heavy (non-hydrogen) atoms. The number of benzene rings is 1. The summed E-state index contributed by atoms with van der Waals surface area (Å²) < 4.78 is 46.8. The van der Waals surface area contributed by atoms with Gasteiger partial charge in [-0.2, -0.15) is 13.2 Å². The number of likely N-dealkylation sites (N-methyl/N-ethyl adjacent to an activating group) is 1. The number of ether oxygens (including phenoxy) is 1. The Morgan fingerprint density at radius 2 is 1.84 bits per heavy atom. The van der Waals surface area contributed by atoms with E-state index in [1.54, 1.807) is 29.8 Å². The fourth-order valence-corrected chi connectivity index (χ4v) is 5.15. The quantitative estimate of drug-likeness (QED) is 0.380. The van der Waals surface area contributed by atoms with E-state index in [2.05, 4.69) is 25.9 Å². The number of hydrogen-bond acceptors (Lipinski definition) is 6. The number of fused-ring (bicyclic) bond motifs is 1. The maximum absolute atomic E-state index is 13.2. The molecule has 0 radical (unpaired) electrons. The molecule has 7 nitrogen and oxygen atoms in total. The van der Waals surface area contributed by atoms with Crippen molar-refractivity contribution in [2.45, 2.75) is 18.2 Å². The highest BCUT2D eigenvalue weighted by atomic mass is 35.5. The van der Waals surface area contributed by atoms with Crippen molar-refractivity contribution in [3.63, 3.8) is 0 Å². The number of pyridine rings is 2. The Labute approximate surface area is 222 Å². The summed E-state index contributed by atoms with van der Waals surface area (Å²) in [6, 6.07) is 7.13. The Morgan fingerprint density at radius 3 is 2.42 bits per heavy atom. The van der Waals surface area contributed by atoms with Crippen LogP contribution in [-0.4, -0.2) is 56.8 Å². The first-order valence-corrected chi connectivity index (χ1v) is 12.2. The lowest BCUT2D eigenvalue weighted by molar-refractivity contribution is -0.141. The number of rotatable bonds is 5. The third-order valence-corrected chi connectivity index (χ3v) is 7.28. The van der Waals surface area contributed by atoms with Gasteiger partial charge in [0.25, 0.3) is 0 Å². The van der Waals surface area contributed by atoms with E-state index in [0.29, 0.717) is 38.6 Å². The summed E-state index contributed by atoms with van der Waals surface area (Å²) in [5, 5.41) is 13.2. The van der Waals surface area contributed by atoms with Crippen molar-refractivity contribution in [2.75, 3.05) is 27.2 Å². The Bertz CT molecular complexity index is 1530. The van der Waals surface area contributed by atoms with Crippen LogP contribution in [0.4, 0.5) is 13.2 Å². The molecule has 0 saturated heterocycles. The van der Waals surface area contributed by atoms with Gasteiger partial charge in [-0.1, -0.05) is 29.8 Å². The van der Waals surface area contributed by atoms with Crippen LogP contribution in [0.25, 0.3) is 16.5 Å². The van der Waals surface area contributed by atoms with Crippen LogP contribution in [-0.2, 0) is 18.8 Å². The van der Waals surface area contributed by atoms with Crippen LogP contribution in [0.5, 0.6) is 5.88 Å². The van der Waals surface area contributed by atoms with Crippen molar-refractivity contribution in [3.05, 3.63) is 88.2 Å². The van der Waals surface area contributed by atoms with Gasteiger partial charge in [0.05, 0.1) is 41.4 Å². The summed E-state index contributed by atoms with van der Waals surface area (Å²) in [5.41, 5.74) is 0.164. The molecule has 11 heteroatoms. The summed E-state index contributed by atoms with van der Waals surface area (Å²) in [6.07, 6.45) is 2.24. The topological polar surface area (TPSA) is 76.3 Å². The minimum Gasteiger partial charge on any atom is -0.481 e. The van der Waals surface area contributed by atoms with Crippen LogP contribution in [0.3, 0.4) is 0 Å². The molecule has 0 bridgehead atoms. The smallest absolute Gasteiger partial charge is 0.433 e. The van der Waals surface area contributed by atoms with E-state index in [4.69, 9.17) is 16.3 Å². The average molecular weight is 544 g/mol. The second-order valence-electron chi connectivity index (χ2n) is 9.31. The van der Waals surface area contributed by atoms with Crippen LogP contribution in [0, 0.1) is 0 Å². The summed E-state index contributed by atoms with van der Waals surface area (Å²) >= 11 is 6.98. The van der Waals surface area contributed by atoms with E-state index in [-0.39, 0.29) is 5.56 Å². The zero-order chi connectivity index (χ0) is 27.2. The molecule has 1 aromatic carbocycles. The molecule has 3 aromatic heterocycles. The first-order chi connectivity index (χ1) is 18.0. The number of methoxy groups -OCH3 is 1. The van der Waals surface area contributed by atoms with Gasteiger partial charge in [0.1, 0.15) is 5.69 Å². The maximum atomic E-state index is 13.2. The molecule has 1 N–H and O–H groups in total. The Kier molecular flexibility index (Phi) is 6.66. The molecule has 4 heterocycles. The molecule has 4 aromatic rings. The Morgan fingerprint density at radius 1 is 1.08 bits per heavy atom. The first-order valence-electron chi connectivity index (χ1n) is 11.8. The molecule has 1 atom stereocenters. The lowest BCUT2D eigenvalue weighted by Crippen LogP contribution is -2.31. The molecule has 1 aliphatic rings. The molecular weight excluding hydrogens is 519 g/mol. The number of nitrogens with zero attached hydrogens (tertiary/aromatic N) is 5. The number of hydrogen-bond donors (Lipinski definition) is 1. The molecule has 1 aliphatic heterocycles.